The molecular formula is C19H28N4S. The third kappa shape index (κ3) is 5.06. The zero-order valence-corrected chi connectivity index (χ0v) is 16.2. The Labute approximate surface area is 149 Å². The van der Waals surface area contributed by atoms with Gasteiger partial charge in [0.2, 0.25) is 0 Å². The fraction of sp³-hybridized carbons (Fsp3) is 0.474. The summed E-state index contributed by atoms with van der Waals surface area (Å²) < 4.78 is 0. The van der Waals surface area contributed by atoms with Crippen molar-refractivity contribution in [3.63, 3.8) is 0 Å². The van der Waals surface area contributed by atoms with Gasteiger partial charge in [0.15, 0.2) is 5.96 Å². The fourth-order valence-corrected chi connectivity index (χ4v) is 3.13. The largest absolute Gasteiger partial charge is 0.357 e. The first-order chi connectivity index (χ1) is 11.4. The molecule has 1 aromatic carbocycles. The number of rotatable bonds is 6. The molecule has 0 aliphatic carbocycles. The summed E-state index contributed by atoms with van der Waals surface area (Å²) >= 11 is 1.69. The van der Waals surface area contributed by atoms with Gasteiger partial charge in [0.05, 0.1) is 23.8 Å². The van der Waals surface area contributed by atoms with Gasteiger partial charge in [-0.05, 0) is 19.4 Å². The third-order valence-corrected chi connectivity index (χ3v) is 4.76. The van der Waals surface area contributed by atoms with E-state index in [2.05, 4.69) is 78.7 Å². The van der Waals surface area contributed by atoms with E-state index in [1.54, 1.807) is 11.3 Å². The topological polar surface area (TPSA) is 40.5 Å². The van der Waals surface area contributed by atoms with E-state index in [9.17, 15) is 0 Å². The molecule has 2 aromatic rings. The molecule has 5 heteroatoms. The van der Waals surface area contributed by atoms with Crippen molar-refractivity contribution in [3.8, 4) is 0 Å². The number of nitrogens with one attached hydrogen (secondary N) is 1. The molecule has 4 nitrogen and oxygen atoms in total. The van der Waals surface area contributed by atoms with Crippen molar-refractivity contribution in [2.75, 3.05) is 20.1 Å². The van der Waals surface area contributed by atoms with Crippen molar-refractivity contribution in [1.82, 2.24) is 15.2 Å². The van der Waals surface area contributed by atoms with Gasteiger partial charge >= 0.3 is 0 Å². The van der Waals surface area contributed by atoms with E-state index in [-0.39, 0.29) is 5.41 Å². The molecule has 1 aromatic heterocycles. The molecule has 0 bridgehead atoms. The molecule has 2 rings (SSSR count). The zero-order chi connectivity index (χ0) is 17.6. The summed E-state index contributed by atoms with van der Waals surface area (Å²) in [6.07, 6.45) is 0. The molecule has 0 aliphatic rings. The quantitative estimate of drug-likeness (QED) is 0.639. The standard InChI is InChI=1S/C19H28N4S/c1-6-20-18(23(5)12-17-13-24-15(2)22-17)21-14-19(3,4)16-10-8-7-9-11-16/h7-11,13H,6,12,14H2,1-5H3,(H,20,21). The van der Waals surface area contributed by atoms with Crippen LogP contribution in [0, 0.1) is 6.92 Å². The van der Waals surface area contributed by atoms with Crippen LogP contribution in [0.3, 0.4) is 0 Å². The highest BCUT2D eigenvalue weighted by Gasteiger charge is 2.20. The SMILES string of the molecule is CCNC(=NCC(C)(C)c1ccccc1)N(C)Cc1csc(C)n1. The highest BCUT2D eigenvalue weighted by molar-refractivity contribution is 7.09. The Morgan fingerprint density at radius 2 is 2.00 bits per heavy atom. The second-order valence-corrected chi connectivity index (χ2v) is 7.70. The summed E-state index contributed by atoms with van der Waals surface area (Å²) in [7, 11) is 2.06. The number of nitrogens with zero attached hydrogens (tertiary/aromatic N) is 3. The van der Waals surface area contributed by atoms with Crippen LogP contribution in [0.5, 0.6) is 0 Å². The van der Waals surface area contributed by atoms with Gasteiger partial charge in [-0.3, -0.25) is 4.99 Å². The lowest BCUT2D eigenvalue weighted by Crippen LogP contribution is -2.39. The van der Waals surface area contributed by atoms with Crippen LogP contribution in [-0.2, 0) is 12.0 Å². The van der Waals surface area contributed by atoms with Crippen molar-refractivity contribution in [3.05, 3.63) is 52.0 Å². The molecule has 0 fully saturated rings. The number of benzene rings is 1. The highest BCUT2D eigenvalue weighted by Crippen LogP contribution is 2.23. The molecule has 0 spiro atoms. The van der Waals surface area contributed by atoms with E-state index in [1.807, 2.05) is 6.92 Å². The van der Waals surface area contributed by atoms with E-state index in [4.69, 9.17) is 4.99 Å². The van der Waals surface area contributed by atoms with Gasteiger partial charge in [-0.15, -0.1) is 11.3 Å². The van der Waals surface area contributed by atoms with Crippen LogP contribution < -0.4 is 5.32 Å². The second-order valence-electron chi connectivity index (χ2n) is 6.63. The lowest BCUT2D eigenvalue weighted by molar-refractivity contribution is 0.461. The lowest BCUT2D eigenvalue weighted by Gasteiger charge is -2.26. The Morgan fingerprint density at radius 3 is 2.58 bits per heavy atom. The Morgan fingerprint density at radius 1 is 1.29 bits per heavy atom. The van der Waals surface area contributed by atoms with Crippen molar-refractivity contribution < 1.29 is 0 Å². The Bertz CT molecular complexity index is 661. The molecule has 130 valence electrons. The van der Waals surface area contributed by atoms with Crippen molar-refractivity contribution >= 4 is 17.3 Å². The fourth-order valence-electron chi connectivity index (χ4n) is 2.52. The zero-order valence-electron chi connectivity index (χ0n) is 15.3. The second kappa shape index (κ2) is 8.29. The number of thiazole rings is 1. The lowest BCUT2D eigenvalue weighted by atomic mass is 9.85. The van der Waals surface area contributed by atoms with Crippen LogP contribution >= 0.6 is 11.3 Å². The summed E-state index contributed by atoms with van der Waals surface area (Å²) in [5, 5.41) is 6.60. The molecule has 0 amide bonds. The monoisotopic (exact) mass is 344 g/mol. The van der Waals surface area contributed by atoms with Gasteiger partial charge in [0, 0.05) is 24.4 Å². The maximum Gasteiger partial charge on any atom is 0.194 e. The average molecular weight is 345 g/mol. The third-order valence-electron chi connectivity index (χ3n) is 3.94. The van der Waals surface area contributed by atoms with Crippen LogP contribution in [0.2, 0.25) is 0 Å². The maximum atomic E-state index is 4.87. The van der Waals surface area contributed by atoms with Crippen molar-refractivity contribution in [1.29, 1.82) is 0 Å². The molecule has 0 aliphatic heterocycles. The van der Waals surface area contributed by atoms with Crippen molar-refractivity contribution in [2.45, 2.75) is 39.7 Å². The van der Waals surface area contributed by atoms with E-state index < -0.39 is 0 Å². The predicted octanol–water partition coefficient (Wildman–Crippen LogP) is 3.83. The molecule has 24 heavy (non-hydrogen) atoms. The number of hydrogen-bond donors (Lipinski definition) is 1. The highest BCUT2D eigenvalue weighted by atomic mass is 32.1. The normalized spacial score (nSPS) is 12.3. The molecule has 0 saturated carbocycles. The molecular weight excluding hydrogens is 316 g/mol. The summed E-state index contributed by atoms with van der Waals surface area (Å²) in [6, 6.07) is 10.6. The Balaban J connectivity index is 2.09. The van der Waals surface area contributed by atoms with Crippen LogP contribution in [-0.4, -0.2) is 36.0 Å². The number of hydrogen-bond acceptors (Lipinski definition) is 3. The van der Waals surface area contributed by atoms with E-state index >= 15 is 0 Å². The number of aryl methyl sites for hydroxylation is 1. The molecule has 0 atom stereocenters. The smallest absolute Gasteiger partial charge is 0.194 e. The van der Waals surface area contributed by atoms with Gasteiger partial charge < -0.3 is 10.2 Å². The summed E-state index contributed by atoms with van der Waals surface area (Å²) in [4.78, 5) is 11.6. The molecule has 1 heterocycles. The minimum Gasteiger partial charge on any atom is -0.357 e. The molecule has 0 unspecified atom stereocenters. The summed E-state index contributed by atoms with van der Waals surface area (Å²) in [5.74, 6) is 0.923. The molecule has 0 saturated heterocycles. The number of aliphatic imine (C=N–C) groups is 1. The molecule has 1 N–H and O–H groups in total. The Kier molecular flexibility index (Phi) is 6.37. The van der Waals surface area contributed by atoms with Gasteiger partial charge in [-0.25, -0.2) is 4.98 Å². The number of guanidine groups is 1. The van der Waals surface area contributed by atoms with Crippen LogP contribution in [0.15, 0.2) is 40.7 Å². The van der Waals surface area contributed by atoms with E-state index in [0.29, 0.717) is 0 Å². The Hall–Kier alpha value is -1.88. The van der Waals surface area contributed by atoms with E-state index in [0.717, 1.165) is 36.3 Å². The van der Waals surface area contributed by atoms with Gasteiger partial charge in [0.25, 0.3) is 0 Å². The van der Waals surface area contributed by atoms with Gasteiger partial charge in [-0.2, -0.15) is 0 Å². The maximum absolute atomic E-state index is 4.87. The minimum atomic E-state index is -0.00000937. The number of aromatic nitrogens is 1. The van der Waals surface area contributed by atoms with Crippen LogP contribution in [0.4, 0.5) is 0 Å². The molecule has 0 radical (unpaired) electrons. The van der Waals surface area contributed by atoms with Crippen LogP contribution in [0.1, 0.15) is 37.0 Å². The first-order valence-electron chi connectivity index (χ1n) is 8.38. The summed E-state index contributed by atoms with van der Waals surface area (Å²) in [6.45, 7) is 11.0. The van der Waals surface area contributed by atoms with Crippen LogP contribution in [0.25, 0.3) is 0 Å². The van der Waals surface area contributed by atoms with Gasteiger partial charge in [0.1, 0.15) is 0 Å². The average Bonchev–Trinajstić information content (AvgIpc) is 2.97. The predicted molar refractivity (Wildman–Crippen MR) is 104 cm³/mol. The minimum absolute atomic E-state index is 0.00000937. The first-order valence-corrected chi connectivity index (χ1v) is 9.26. The van der Waals surface area contributed by atoms with E-state index in [1.165, 1.54) is 5.56 Å². The van der Waals surface area contributed by atoms with Gasteiger partial charge in [-0.1, -0.05) is 44.2 Å². The summed E-state index contributed by atoms with van der Waals surface area (Å²) in [5.41, 5.74) is 2.40. The first kappa shape index (κ1) is 18.5. The van der Waals surface area contributed by atoms with Crippen molar-refractivity contribution in [2.24, 2.45) is 4.99 Å².